The van der Waals surface area contributed by atoms with Crippen molar-refractivity contribution in [1.82, 2.24) is 5.32 Å². The van der Waals surface area contributed by atoms with Gasteiger partial charge in [0.05, 0.1) is 16.6 Å². The Bertz CT molecular complexity index is 754. The molecule has 5 heteroatoms. The minimum Gasteiger partial charge on any atom is -0.345 e. The van der Waals surface area contributed by atoms with Crippen LogP contribution in [0.3, 0.4) is 0 Å². The fourth-order valence-corrected chi connectivity index (χ4v) is 2.67. The van der Waals surface area contributed by atoms with Crippen LogP contribution in [-0.4, -0.2) is 11.8 Å². The maximum atomic E-state index is 12.3. The molecule has 2 aromatic rings. The molecule has 124 valence electrons. The Kier molecular flexibility index (Phi) is 4.86. The molecule has 0 radical (unpaired) electrons. The molecular weight excluding hydrogens is 324 g/mol. The minimum atomic E-state index is -0.209. The Labute approximate surface area is 146 Å². The van der Waals surface area contributed by atoms with Crippen LogP contribution in [0.5, 0.6) is 0 Å². The molecule has 4 nitrogen and oxygen atoms in total. The smallest absolute Gasteiger partial charge is 0.253 e. The number of benzene rings is 2. The van der Waals surface area contributed by atoms with Gasteiger partial charge < -0.3 is 10.6 Å². The fraction of sp³-hybridized carbons (Fsp3) is 0.263. The van der Waals surface area contributed by atoms with E-state index in [0.717, 1.165) is 24.1 Å². The van der Waals surface area contributed by atoms with E-state index < -0.39 is 0 Å². The van der Waals surface area contributed by atoms with Gasteiger partial charge in [0, 0.05) is 11.6 Å². The molecule has 1 aliphatic carbocycles. The summed E-state index contributed by atoms with van der Waals surface area (Å²) in [4.78, 5) is 24.0. The number of anilines is 1. The van der Waals surface area contributed by atoms with Crippen molar-refractivity contribution in [2.45, 2.75) is 25.8 Å². The van der Waals surface area contributed by atoms with E-state index in [1.54, 1.807) is 24.3 Å². The third kappa shape index (κ3) is 3.95. The molecule has 0 bridgehead atoms. The predicted molar refractivity (Wildman–Crippen MR) is 95.1 cm³/mol. The van der Waals surface area contributed by atoms with Crippen molar-refractivity contribution in [2.24, 2.45) is 5.92 Å². The first-order valence-corrected chi connectivity index (χ1v) is 8.38. The lowest BCUT2D eigenvalue weighted by molar-refractivity contribution is -0.117. The van der Waals surface area contributed by atoms with Crippen LogP contribution < -0.4 is 10.6 Å². The van der Waals surface area contributed by atoms with Gasteiger partial charge in [0.1, 0.15) is 0 Å². The van der Waals surface area contributed by atoms with Crippen LogP contribution in [0.1, 0.15) is 41.7 Å². The summed E-state index contributed by atoms with van der Waals surface area (Å²) >= 11 is 6.05. The van der Waals surface area contributed by atoms with Gasteiger partial charge in [-0.15, -0.1) is 0 Å². The Hall–Kier alpha value is -2.33. The lowest BCUT2D eigenvalue weighted by atomic mass is 10.1. The summed E-state index contributed by atoms with van der Waals surface area (Å²) in [5.74, 6) is 0.0561. The molecule has 2 amide bonds. The van der Waals surface area contributed by atoms with Gasteiger partial charge in [0.15, 0.2) is 0 Å². The van der Waals surface area contributed by atoms with E-state index in [0.29, 0.717) is 10.6 Å². The van der Waals surface area contributed by atoms with E-state index in [1.807, 2.05) is 31.2 Å². The summed E-state index contributed by atoms with van der Waals surface area (Å²) in [5.41, 5.74) is 2.19. The number of hydrogen-bond donors (Lipinski definition) is 2. The Morgan fingerprint density at radius 3 is 2.38 bits per heavy atom. The van der Waals surface area contributed by atoms with E-state index in [1.165, 1.54) is 0 Å². The molecule has 1 aliphatic rings. The second kappa shape index (κ2) is 7.05. The highest BCUT2D eigenvalue weighted by molar-refractivity contribution is 6.33. The summed E-state index contributed by atoms with van der Waals surface area (Å²) in [6, 6.07) is 14.3. The van der Waals surface area contributed by atoms with Crippen molar-refractivity contribution in [3.8, 4) is 0 Å². The maximum Gasteiger partial charge on any atom is 0.253 e. The van der Waals surface area contributed by atoms with Crippen molar-refractivity contribution < 1.29 is 9.59 Å². The minimum absolute atomic E-state index is 0.0859. The van der Waals surface area contributed by atoms with Gasteiger partial charge in [-0.25, -0.2) is 0 Å². The van der Waals surface area contributed by atoms with E-state index in [9.17, 15) is 9.59 Å². The second-order valence-electron chi connectivity index (χ2n) is 6.06. The van der Waals surface area contributed by atoms with E-state index >= 15 is 0 Å². The number of carbonyl (C=O) groups excluding carboxylic acids is 2. The predicted octanol–water partition coefficient (Wildman–Crippen LogP) is 4.18. The fourth-order valence-electron chi connectivity index (χ4n) is 2.45. The van der Waals surface area contributed by atoms with Gasteiger partial charge >= 0.3 is 0 Å². The SMILES string of the molecule is CC(NC(=O)c1ccccc1Cl)c1ccc(NC(=O)C2CC2)cc1. The quantitative estimate of drug-likeness (QED) is 0.856. The summed E-state index contributed by atoms with van der Waals surface area (Å²) in [6.45, 7) is 1.91. The molecular formula is C19H19ClN2O2. The standard InChI is InChI=1S/C19H19ClN2O2/c1-12(21-19(24)16-4-2-3-5-17(16)20)13-8-10-15(11-9-13)22-18(23)14-6-7-14/h2-5,8-12,14H,6-7H2,1H3,(H,21,24)(H,22,23). The Morgan fingerprint density at radius 2 is 1.75 bits per heavy atom. The third-order valence-electron chi connectivity index (χ3n) is 4.09. The van der Waals surface area contributed by atoms with Gasteiger partial charge in [-0.05, 0) is 49.6 Å². The van der Waals surface area contributed by atoms with Crippen LogP contribution in [-0.2, 0) is 4.79 Å². The largest absolute Gasteiger partial charge is 0.345 e. The maximum absolute atomic E-state index is 12.3. The topological polar surface area (TPSA) is 58.2 Å². The van der Waals surface area contributed by atoms with Crippen molar-refractivity contribution >= 4 is 29.1 Å². The summed E-state index contributed by atoms with van der Waals surface area (Å²) in [7, 11) is 0. The highest BCUT2D eigenvalue weighted by Crippen LogP contribution is 2.30. The highest BCUT2D eigenvalue weighted by Gasteiger charge is 2.29. The molecule has 3 rings (SSSR count). The molecule has 2 N–H and O–H groups in total. The molecule has 1 atom stereocenters. The van der Waals surface area contributed by atoms with Crippen molar-refractivity contribution in [2.75, 3.05) is 5.32 Å². The first-order valence-electron chi connectivity index (χ1n) is 8.01. The number of carbonyl (C=O) groups is 2. The van der Waals surface area contributed by atoms with Crippen LogP contribution in [0.15, 0.2) is 48.5 Å². The van der Waals surface area contributed by atoms with Crippen molar-refractivity contribution in [3.05, 3.63) is 64.7 Å². The van der Waals surface area contributed by atoms with Crippen LogP contribution >= 0.6 is 11.6 Å². The Balaban J connectivity index is 1.62. The zero-order valence-electron chi connectivity index (χ0n) is 13.4. The van der Waals surface area contributed by atoms with E-state index in [4.69, 9.17) is 11.6 Å². The van der Waals surface area contributed by atoms with Crippen LogP contribution in [0, 0.1) is 5.92 Å². The van der Waals surface area contributed by atoms with E-state index in [2.05, 4.69) is 10.6 Å². The van der Waals surface area contributed by atoms with Gasteiger partial charge in [0.25, 0.3) is 5.91 Å². The van der Waals surface area contributed by atoms with Crippen LogP contribution in [0.25, 0.3) is 0 Å². The number of nitrogens with one attached hydrogen (secondary N) is 2. The molecule has 1 unspecified atom stereocenters. The van der Waals surface area contributed by atoms with Crippen LogP contribution in [0.2, 0.25) is 5.02 Å². The average Bonchev–Trinajstić information content (AvgIpc) is 3.40. The molecule has 2 aromatic carbocycles. The summed E-state index contributed by atoms with van der Waals surface area (Å²) in [6.07, 6.45) is 1.96. The lowest BCUT2D eigenvalue weighted by Gasteiger charge is -2.15. The summed E-state index contributed by atoms with van der Waals surface area (Å²) < 4.78 is 0. The molecule has 1 saturated carbocycles. The summed E-state index contributed by atoms with van der Waals surface area (Å²) in [5, 5.41) is 6.26. The zero-order chi connectivity index (χ0) is 17.1. The molecule has 1 fully saturated rings. The van der Waals surface area contributed by atoms with Gasteiger partial charge in [-0.2, -0.15) is 0 Å². The highest BCUT2D eigenvalue weighted by atomic mass is 35.5. The molecule has 0 heterocycles. The molecule has 24 heavy (non-hydrogen) atoms. The zero-order valence-corrected chi connectivity index (χ0v) is 14.1. The first-order chi connectivity index (χ1) is 11.5. The number of rotatable bonds is 5. The molecule has 0 saturated heterocycles. The van der Waals surface area contributed by atoms with Gasteiger partial charge in [-0.3, -0.25) is 9.59 Å². The average molecular weight is 343 g/mol. The number of hydrogen-bond acceptors (Lipinski definition) is 2. The van der Waals surface area contributed by atoms with Crippen molar-refractivity contribution in [3.63, 3.8) is 0 Å². The third-order valence-corrected chi connectivity index (χ3v) is 4.42. The Morgan fingerprint density at radius 1 is 1.08 bits per heavy atom. The van der Waals surface area contributed by atoms with Gasteiger partial charge in [0.2, 0.25) is 5.91 Å². The number of amides is 2. The van der Waals surface area contributed by atoms with E-state index in [-0.39, 0.29) is 23.8 Å². The number of halogens is 1. The van der Waals surface area contributed by atoms with Crippen LogP contribution in [0.4, 0.5) is 5.69 Å². The molecule has 0 spiro atoms. The molecule has 0 aromatic heterocycles. The van der Waals surface area contributed by atoms with Crippen molar-refractivity contribution in [1.29, 1.82) is 0 Å². The second-order valence-corrected chi connectivity index (χ2v) is 6.47. The molecule has 0 aliphatic heterocycles. The van der Waals surface area contributed by atoms with Gasteiger partial charge in [-0.1, -0.05) is 35.9 Å². The monoisotopic (exact) mass is 342 g/mol. The first kappa shape index (κ1) is 16.5. The normalized spacial score (nSPS) is 14.8. The lowest BCUT2D eigenvalue weighted by Crippen LogP contribution is -2.26.